The summed E-state index contributed by atoms with van der Waals surface area (Å²) in [5.74, 6) is -0.355. The van der Waals surface area contributed by atoms with Gasteiger partial charge in [0.1, 0.15) is 0 Å². The maximum absolute atomic E-state index is 12.0. The topological polar surface area (TPSA) is 58.2 Å². The zero-order chi connectivity index (χ0) is 15.0. The third-order valence-corrected chi connectivity index (χ3v) is 4.79. The summed E-state index contributed by atoms with van der Waals surface area (Å²) in [7, 11) is 0. The lowest BCUT2D eigenvalue weighted by atomic mass is 9.70. The molecule has 2 aliphatic rings. The van der Waals surface area contributed by atoms with Crippen LogP contribution in [0.3, 0.4) is 0 Å². The Bertz CT molecular complexity index is 580. The average molecular weight is 286 g/mol. The van der Waals surface area contributed by atoms with Gasteiger partial charge in [-0.05, 0) is 35.8 Å². The van der Waals surface area contributed by atoms with Crippen LogP contribution in [0.15, 0.2) is 24.3 Å². The molecule has 0 bridgehead atoms. The molecule has 3 rings (SSSR count). The van der Waals surface area contributed by atoms with Crippen LogP contribution in [-0.2, 0) is 16.0 Å². The van der Waals surface area contributed by atoms with Crippen LogP contribution >= 0.6 is 0 Å². The van der Waals surface area contributed by atoms with Crippen molar-refractivity contribution in [2.24, 2.45) is 5.41 Å². The summed E-state index contributed by atoms with van der Waals surface area (Å²) < 4.78 is 0. The second kappa shape index (κ2) is 5.26. The monoisotopic (exact) mass is 286 g/mol. The van der Waals surface area contributed by atoms with Gasteiger partial charge in [-0.3, -0.25) is 20.2 Å². The number of carbonyl (C=O) groups excluding carboxylic acids is 2. The molecule has 0 spiro atoms. The van der Waals surface area contributed by atoms with Gasteiger partial charge < -0.3 is 0 Å². The van der Waals surface area contributed by atoms with E-state index < -0.39 is 0 Å². The van der Waals surface area contributed by atoms with Gasteiger partial charge in [0, 0.05) is 12.5 Å². The zero-order valence-electron chi connectivity index (χ0n) is 12.6. The average Bonchev–Trinajstić information content (AvgIpc) is 2.44. The molecular formula is C17H22N2O2. The van der Waals surface area contributed by atoms with Crippen LogP contribution in [0.4, 0.5) is 0 Å². The van der Waals surface area contributed by atoms with Gasteiger partial charge in [0.2, 0.25) is 11.8 Å². The molecule has 1 aliphatic heterocycles. The molecule has 0 aromatic heterocycles. The molecule has 1 saturated heterocycles. The minimum Gasteiger partial charge on any atom is -0.298 e. The number of fused-ring (bicyclic) bond motifs is 1. The standard InChI is InChI=1S/C17H22N2O2/c1-17(2)10-9-11-5-3-4-6-12(11)15(17)18-13-7-8-14(20)19-16(13)21/h3-6,13,15,18H,7-10H2,1-2H3,(H,19,20,21). The fourth-order valence-corrected chi connectivity index (χ4v) is 3.43. The Kier molecular flexibility index (Phi) is 3.57. The molecule has 0 radical (unpaired) electrons. The van der Waals surface area contributed by atoms with Gasteiger partial charge in [0.15, 0.2) is 0 Å². The molecule has 2 unspecified atom stereocenters. The van der Waals surface area contributed by atoms with Crippen LogP contribution in [-0.4, -0.2) is 17.9 Å². The minimum absolute atomic E-state index is 0.0933. The lowest BCUT2D eigenvalue weighted by Crippen LogP contribution is -2.54. The first-order chi connectivity index (χ1) is 9.97. The lowest BCUT2D eigenvalue weighted by Gasteiger charge is -2.42. The highest BCUT2D eigenvalue weighted by molar-refractivity contribution is 6.00. The molecule has 112 valence electrons. The number of imide groups is 1. The summed E-state index contributed by atoms with van der Waals surface area (Å²) in [6.45, 7) is 4.49. The van der Waals surface area contributed by atoms with E-state index in [0.29, 0.717) is 12.8 Å². The highest BCUT2D eigenvalue weighted by atomic mass is 16.2. The van der Waals surface area contributed by atoms with E-state index in [-0.39, 0.29) is 29.3 Å². The summed E-state index contributed by atoms with van der Waals surface area (Å²) in [6, 6.07) is 8.31. The van der Waals surface area contributed by atoms with Crippen molar-refractivity contribution in [1.29, 1.82) is 0 Å². The Labute approximate surface area is 125 Å². The Morgan fingerprint density at radius 3 is 2.71 bits per heavy atom. The molecule has 2 amide bonds. The summed E-state index contributed by atoms with van der Waals surface area (Å²) in [6.07, 6.45) is 3.17. The maximum atomic E-state index is 12.0. The maximum Gasteiger partial charge on any atom is 0.243 e. The molecule has 2 N–H and O–H groups in total. The van der Waals surface area contributed by atoms with E-state index >= 15 is 0 Å². The summed E-state index contributed by atoms with van der Waals surface area (Å²) in [5, 5.41) is 5.94. The quantitative estimate of drug-likeness (QED) is 0.819. The predicted octanol–water partition coefficient (Wildman–Crippen LogP) is 2.09. The normalized spacial score (nSPS) is 27.9. The van der Waals surface area contributed by atoms with Gasteiger partial charge in [0.05, 0.1) is 6.04 Å². The summed E-state index contributed by atoms with van der Waals surface area (Å²) in [5.41, 5.74) is 2.75. The van der Waals surface area contributed by atoms with E-state index in [4.69, 9.17) is 0 Å². The molecule has 0 saturated carbocycles. The highest BCUT2D eigenvalue weighted by Gasteiger charge is 2.39. The third kappa shape index (κ3) is 2.72. The molecular weight excluding hydrogens is 264 g/mol. The number of nitrogens with one attached hydrogen (secondary N) is 2. The van der Waals surface area contributed by atoms with E-state index in [0.717, 1.165) is 12.8 Å². The molecule has 1 aromatic carbocycles. The van der Waals surface area contributed by atoms with E-state index in [1.807, 2.05) is 0 Å². The Morgan fingerprint density at radius 1 is 1.19 bits per heavy atom. The van der Waals surface area contributed by atoms with Crippen LogP contribution in [0, 0.1) is 5.41 Å². The van der Waals surface area contributed by atoms with E-state index in [9.17, 15) is 9.59 Å². The van der Waals surface area contributed by atoms with Crippen molar-refractivity contribution in [2.75, 3.05) is 0 Å². The second-order valence-corrected chi connectivity index (χ2v) is 6.79. The Morgan fingerprint density at radius 2 is 1.95 bits per heavy atom. The molecule has 1 aromatic rings. The fraction of sp³-hybridized carbons (Fsp3) is 0.529. The SMILES string of the molecule is CC1(C)CCc2ccccc2C1NC1CCC(=O)NC1=O. The first-order valence-corrected chi connectivity index (χ1v) is 7.65. The largest absolute Gasteiger partial charge is 0.298 e. The number of piperidine rings is 1. The van der Waals surface area contributed by atoms with Gasteiger partial charge in [-0.15, -0.1) is 0 Å². The van der Waals surface area contributed by atoms with Gasteiger partial charge in [-0.2, -0.15) is 0 Å². The van der Waals surface area contributed by atoms with Crippen molar-refractivity contribution >= 4 is 11.8 Å². The Hall–Kier alpha value is -1.68. The first-order valence-electron chi connectivity index (χ1n) is 7.65. The van der Waals surface area contributed by atoms with Crippen LogP contribution in [0.2, 0.25) is 0 Å². The van der Waals surface area contributed by atoms with Crippen molar-refractivity contribution in [2.45, 2.75) is 51.6 Å². The van der Waals surface area contributed by atoms with Crippen molar-refractivity contribution in [3.8, 4) is 0 Å². The van der Waals surface area contributed by atoms with E-state index in [1.54, 1.807) is 0 Å². The number of benzene rings is 1. The fourth-order valence-electron chi connectivity index (χ4n) is 3.43. The first kappa shape index (κ1) is 14.3. The molecule has 1 aliphatic carbocycles. The van der Waals surface area contributed by atoms with Crippen molar-refractivity contribution < 1.29 is 9.59 Å². The number of aryl methyl sites for hydroxylation is 1. The minimum atomic E-state index is -0.280. The number of hydrogen-bond acceptors (Lipinski definition) is 3. The molecule has 1 fully saturated rings. The number of carbonyl (C=O) groups is 2. The van der Waals surface area contributed by atoms with Crippen molar-refractivity contribution in [1.82, 2.24) is 10.6 Å². The van der Waals surface area contributed by atoms with Crippen molar-refractivity contribution in [3.05, 3.63) is 35.4 Å². The van der Waals surface area contributed by atoms with Crippen LogP contribution in [0.5, 0.6) is 0 Å². The molecule has 4 nitrogen and oxygen atoms in total. The van der Waals surface area contributed by atoms with Gasteiger partial charge >= 0.3 is 0 Å². The number of hydrogen-bond donors (Lipinski definition) is 2. The lowest BCUT2D eigenvalue weighted by molar-refractivity contribution is -0.135. The third-order valence-electron chi connectivity index (χ3n) is 4.79. The molecule has 2 atom stereocenters. The molecule has 1 heterocycles. The van der Waals surface area contributed by atoms with E-state index in [2.05, 4.69) is 48.7 Å². The van der Waals surface area contributed by atoms with Crippen molar-refractivity contribution in [3.63, 3.8) is 0 Å². The van der Waals surface area contributed by atoms with Crippen LogP contribution < -0.4 is 10.6 Å². The molecule has 21 heavy (non-hydrogen) atoms. The Balaban J connectivity index is 1.86. The predicted molar refractivity (Wildman–Crippen MR) is 80.6 cm³/mol. The van der Waals surface area contributed by atoms with E-state index in [1.165, 1.54) is 11.1 Å². The van der Waals surface area contributed by atoms with Crippen LogP contribution in [0.25, 0.3) is 0 Å². The van der Waals surface area contributed by atoms with Gasteiger partial charge in [0.25, 0.3) is 0 Å². The van der Waals surface area contributed by atoms with Gasteiger partial charge in [-0.25, -0.2) is 0 Å². The molecule has 4 heteroatoms. The smallest absolute Gasteiger partial charge is 0.243 e. The van der Waals surface area contributed by atoms with Gasteiger partial charge in [-0.1, -0.05) is 38.1 Å². The summed E-state index contributed by atoms with van der Waals surface area (Å²) in [4.78, 5) is 23.3. The highest BCUT2D eigenvalue weighted by Crippen LogP contribution is 2.43. The number of amides is 2. The summed E-state index contributed by atoms with van der Waals surface area (Å²) >= 11 is 0. The second-order valence-electron chi connectivity index (χ2n) is 6.79. The number of rotatable bonds is 2. The van der Waals surface area contributed by atoms with Crippen LogP contribution in [0.1, 0.15) is 50.3 Å². The zero-order valence-corrected chi connectivity index (χ0v) is 12.6.